The zero-order valence-electron chi connectivity index (χ0n) is 10.8. The average Bonchev–Trinajstić information content (AvgIpc) is 2.28. The minimum atomic E-state index is 0.0920. The summed E-state index contributed by atoms with van der Waals surface area (Å²) in [5, 5.41) is 13.0. The maximum atomic E-state index is 9.46. The van der Waals surface area contributed by atoms with Crippen LogP contribution in [0.25, 0.3) is 0 Å². The Bertz CT molecular complexity index is 330. The van der Waals surface area contributed by atoms with Crippen molar-refractivity contribution in [3.8, 4) is 0 Å². The van der Waals surface area contributed by atoms with Crippen LogP contribution >= 0.6 is 0 Å². The topological polar surface area (TPSA) is 32.3 Å². The standard InChI is InChI=1S/C15H23NO/c1-11(2)13-8-14(9-13)16-15(10-17)12-6-4-3-5-7-12/h3-7,11,13-17H,8-10H2,1-2H3. The van der Waals surface area contributed by atoms with Gasteiger partial charge in [-0.25, -0.2) is 0 Å². The second-order valence-electron chi connectivity index (χ2n) is 5.48. The normalized spacial score (nSPS) is 25.6. The fourth-order valence-electron chi connectivity index (χ4n) is 2.57. The number of benzene rings is 1. The molecule has 1 aliphatic rings. The lowest BCUT2D eigenvalue weighted by Crippen LogP contribution is -2.45. The van der Waals surface area contributed by atoms with E-state index in [1.54, 1.807) is 0 Å². The van der Waals surface area contributed by atoms with E-state index in [1.807, 2.05) is 18.2 Å². The maximum absolute atomic E-state index is 9.46. The quantitative estimate of drug-likeness (QED) is 0.819. The summed E-state index contributed by atoms with van der Waals surface area (Å²) < 4.78 is 0. The van der Waals surface area contributed by atoms with E-state index in [-0.39, 0.29) is 12.6 Å². The molecule has 0 bridgehead atoms. The van der Waals surface area contributed by atoms with Crippen molar-refractivity contribution in [1.29, 1.82) is 0 Å². The Kier molecular flexibility index (Phi) is 4.19. The Morgan fingerprint density at radius 2 is 1.88 bits per heavy atom. The third-order valence-corrected chi connectivity index (χ3v) is 3.94. The van der Waals surface area contributed by atoms with Gasteiger partial charge in [-0.3, -0.25) is 0 Å². The maximum Gasteiger partial charge on any atom is 0.0626 e. The molecule has 1 aliphatic carbocycles. The Morgan fingerprint density at radius 1 is 1.24 bits per heavy atom. The fraction of sp³-hybridized carbons (Fsp3) is 0.600. The van der Waals surface area contributed by atoms with Crippen LogP contribution in [-0.4, -0.2) is 17.8 Å². The number of aliphatic hydroxyl groups is 1. The Labute approximate surface area is 104 Å². The molecule has 2 nitrogen and oxygen atoms in total. The lowest BCUT2D eigenvalue weighted by Gasteiger charge is -2.40. The van der Waals surface area contributed by atoms with Crippen LogP contribution in [0.15, 0.2) is 30.3 Å². The molecule has 0 aliphatic heterocycles. The SMILES string of the molecule is CC(C)C1CC(NC(CO)c2ccccc2)C1. The van der Waals surface area contributed by atoms with Gasteiger partial charge >= 0.3 is 0 Å². The molecule has 1 atom stereocenters. The third-order valence-electron chi connectivity index (χ3n) is 3.94. The molecule has 94 valence electrons. The average molecular weight is 233 g/mol. The van der Waals surface area contributed by atoms with Crippen molar-refractivity contribution in [3.05, 3.63) is 35.9 Å². The van der Waals surface area contributed by atoms with Crippen molar-refractivity contribution in [2.45, 2.75) is 38.8 Å². The zero-order chi connectivity index (χ0) is 12.3. The van der Waals surface area contributed by atoms with E-state index < -0.39 is 0 Å². The van der Waals surface area contributed by atoms with Crippen molar-refractivity contribution in [2.75, 3.05) is 6.61 Å². The smallest absolute Gasteiger partial charge is 0.0626 e. The van der Waals surface area contributed by atoms with Crippen LogP contribution in [-0.2, 0) is 0 Å². The molecule has 0 spiro atoms. The molecule has 1 aromatic rings. The molecule has 1 saturated carbocycles. The first-order chi connectivity index (χ1) is 8.20. The van der Waals surface area contributed by atoms with Crippen LogP contribution in [0.5, 0.6) is 0 Å². The molecule has 0 heterocycles. The predicted molar refractivity (Wildman–Crippen MR) is 70.8 cm³/mol. The molecule has 1 fully saturated rings. The van der Waals surface area contributed by atoms with Gasteiger partial charge in [0.25, 0.3) is 0 Å². The molecule has 0 radical (unpaired) electrons. The van der Waals surface area contributed by atoms with Gasteiger partial charge in [-0.05, 0) is 30.2 Å². The van der Waals surface area contributed by atoms with E-state index in [4.69, 9.17) is 0 Å². The van der Waals surface area contributed by atoms with E-state index in [0.29, 0.717) is 6.04 Å². The van der Waals surface area contributed by atoms with Gasteiger partial charge in [0.1, 0.15) is 0 Å². The van der Waals surface area contributed by atoms with Crippen molar-refractivity contribution < 1.29 is 5.11 Å². The van der Waals surface area contributed by atoms with Crippen molar-refractivity contribution in [3.63, 3.8) is 0 Å². The molecule has 2 N–H and O–H groups in total. The van der Waals surface area contributed by atoms with Gasteiger partial charge in [-0.1, -0.05) is 44.2 Å². The first-order valence-corrected chi connectivity index (χ1v) is 6.62. The highest BCUT2D eigenvalue weighted by Crippen LogP contribution is 2.34. The summed E-state index contributed by atoms with van der Waals surface area (Å²) in [6, 6.07) is 10.9. The molecule has 1 aromatic carbocycles. The molecule has 2 heteroatoms. The van der Waals surface area contributed by atoms with Crippen LogP contribution in [0.3, 0.4) is 0 Å². The van der Waals surface area contributed by atoms with Gasteiger partial charge in [0.05, 0.1) is 12.6 Å². The summed E-state index contributed by atoms with van der Waals surface area (Å²) in [5.41, 5.74) is 1.18. The summed E-state index contributed by atoms with van der Waals surface area (Å²) in [7, 11) is 0. The molecule has 0 amide bonds. The summed E-state index contributed by atoms with van der Waals surface area (Å²) >= 11 is 0. The van der Waals surface area contributed by atoms with E-state index >= 15 is 0 Å². The van der Waals surface area contributed by atoms with Crippen LogP contribution in [0.4, 0.5) is 0 Å². The lowest BCUT2D eigenvalue weighted by molar-refractivity contribution is 0.138. The zero-order valence-corrected chi connectivity index (χ0v) is 10.8. The van der Waals surface area contributed by atoms with Gasteiger partial charge < -0.3 is 10.4 Å². The highest BCUT2D eigenvalue weighted by Gasteiger charge is 2.32. The number of hydrogen-bond donors (Lipinski definition) is 2. The van der Waals surface area contributed by atoms with Gasteiger partial charge in [0.15, 0.2) is 0 Å². The van der Waals surface area contributed by atoms with E-state index in [1.165, 1.54) is 18.4 Å². The molecule has 17 heavy (non-hydrogen) atoms. The first-order valence-electron chi connectivity index (χ1n) is 6.62. The van der Waals surface area contributed by atoms with Crippen LogP contribution < -0.4 is 5.32 Å². The predicted octanol–water partition coefficient (Wildman–Crippen LogP) is 2.74. The largest absolute Gasteiger partial charge is 0.394 e. The van der Waals surface area contributed by atoms with Gasteiger partial charge in [0.2, 0.25) is 0 Å². The molecular formula is C15H23NO. The Balaban J connectivity index is 1.86. The minimum Gasteiger partial charge on any atom is -0.394 e. The Hall–Kier alpha value is -0.860. The van der Waals surface area contributed by atoms with Crippen LogP contribution in [0.1, 0.15) is 38.3 Å². The first kappa shape index (κ1) is 12.6. The van der Waals surface area contributed by atoms with E-state index in [2.05, 4.69) is 31.3 Å². The lowest BCUT2D eigenvalue weighted by atomic mass is 9.73. The van der Waals surface area contributed by atoms with Crippen molar-refractivity contribution in [2.24, 2.45) is 11.8 Å². The summed E-state index contributed by atoms with van der Waals surface area (Å²) in [5.74, 6) is 1.65. The van der Waals surface area contributed by atoms with E-state index in [0.717, 1.165) is 11.8 Å². The molecule has 0 saturated heterocycles. The van der Waals surface area contributed by atoms with E-state index in [9.17, 15) is 5.11 Å². The van der Waals surface area contributed by atoms with Crippen LogP contribution in [0.2, 0.25) is 0 Å². The fourth-order valence-corrected chi connectivity index (χ4v) is 2.57. The number of hydrogen-bond acceptors (Lipinski definition) is 2. The highest BCUT2D eigenvalue weighted by atomic mass is 16.3. The number of rotatable bonds is 5. The minimum absolute atomic E-state index is 0.0920. The summed E-state index contributed by atoms with van der Waals surface area (Å²) in [4.78, 5) is 0. The summed E-state index contributed by atoms with van der Waals surface area (Å²) in [6.07, 6.45) is 2.50. The Morgan fingerprint density at radius 3 is 2.41 bits per heavy atom. The van der Waals surface area contributed by atoms with Crippen LogP contribution in [0, 0.1) is 11.8 Å². The molecular weight excluding hydrogens is 210 g/mol. The highest BCUT2D eigenvalue weighted by molar-refractivity contribution is 5.19. The third kappa shape index (κ3) is 3.08. The molecule has 0 aromatic heterocycles. The van der Waals surface area contributed by atoms with Crippen molar-refractivity contribution in [1.82, 2.24) is 5.32 Å². The van der Waals surface area contributed by atoms with Gasteiger partial charge in [0, 0.05) is 6.04 Å². The molecule has 2 rings (SSSR count). The van der Waals surface area contributed by atoms with Crippen molar-refractivity contribution >= 4 is 0 Å². The second kappa shape index (κ2) is 5.65. The monoisotopic (exact) mass is 233 g/mol. The molecule has 1 unspecified atom stereocenters. The number of aliphatic hydroxyl groups excluding tert-OH is 1. The van der Waals surface area contributed by atoms with Gasteiger partial charge in [-0.15, -0.1) is 0 Å². The summed E-state index contributed by atoms with van der Waals surface area (Å²) in [6.45, 7) is 4.76. The number of nitrogens with one attached hydrogen (secondary N) is 1. The van der Waals surface area contributed by atoms with Gasteiger partial charge in [-0.2, -0.15) is 0 Å². The second-order valence-corrected chi connectivity index (χ2v) is 5.48.